The van der Waals surface area contributed by atoms with Gasteiger partial charge in [0.1, 0.15) is 0 Å². The first-order valence-electron chi connectivity index (χ1n) is 6.11. The molecule has 6 heteroatoms. The molecule has 1 atom stereocenters. The van der Waals surface area contributed by atoms with Crippen molar-refractivity contribution in [1.82, 2.24) is 15.8 Å². The molecule has 6 nitrogen and oxygen atoms in total. The van der Waals surface area contributed by atoms with E-state index in [0.29, 0.717) is 18.8 Å². The zero-order valence-corrected chi connectivity index (χ0v) is 10.8. The maximum absolute atomic E-state index is 11.8. The molecule has 0 aromatic carbocycles. The van der Waals surface area contributed by atoms with Crippen molar-refractivity contribution in [3.8, 4) is 0 Å². The van der Waals surface area contributed by atoms with Crippen molar-refractivity contribution in [2.75, 3.05) is 26.8 Å². The third-order valence-electron chi connectivity index (χ3n) is 3.19. The minimum atomic E-state index is -0.236. The molecule has 1 aliphatic heterocycles. The number of carbonyl (C=O) groups is 1. The van der Waals surface area contributed by atoms with Gasteiger partial charge in [-0.3, -0.25) is 4.79 Å². The van der Waals surface area contributed by atoms with Gasteiger partial charge in [-0.15, -0.1) is 0 Å². The van der Waals surface area contributed by atoms with E-state index in [1.54, 1.807) is 20.1 Å². The number of rotatable bonds is 5. The van der Waals surface area contributed by atoms with Gasteiger partial charge in [0, 0.05) is 19.7 Å². The summed E-state index contributed by atoms with van der Waals surface area (Å²) in [5, 5.41) is 9.96. The van der Waals surface area contributed by atoms with Crippen LogP contribution < -0.4 is 10.6 Å². The lowest BCUT2D eigenvalue weighted by atomic mass is 9.98. The highest BCUT2D eigenvalue weighted by molar-refractivity contribution is 5.91. The van der Waals surface area contributed by atoms with Gasteiger partial charge in [-0.25, -0.2) is 0 Å². The predicted octanol–water partition coefficient (Wildman–Crippen LogP) is 0.481. The topological polar surface area (TPSA) is 76.4 Å². The number of hydrogen-bond acceptors (Lipinski definition) is 5. The molecule has 18 heavy (non-hydrogen) atoms. The fourth-order valence-electron chi connectivity index (χ4n) is 2.28. The first kappa shape index (κ1) is 13.0. The molecule has 1 saturated heterocycles. The SMILES string of the molecule is COCC1(CNC(=O)c2cc(C)no2)CCCN1. The van der Waals surface area contributed by atoms with E-state index in [-0.39, 0.29) is 17.2 Å². The lowest BCUT2D eigenvalue weighted by Gasteiger charge is -2.28. The molecule has 0 saturated carbocycles. The molecule has 0 radical (unpaired) electrons. The third kappa shape index (κ3) is 2.88. The highest BCUT2D eigenvalue weighted by Crippen LogP contribution is 2.19. The summed E-state index contributed by atoms with van der Waals surface area (Å²) in [5.41, 5.74) is 0.546. The fraction of sp³-hybridized carbons (Fsp3) is 0.667. The van der Waals surface area contributed by atoms with Gasteiger partial charge in [-0.05, 0) is 26.3 Å². The molecule has 0 spiro atoms. The molecule has 1 aromatic rings. The lowest BCUT2D eigenvalue weighted by molar-refractivity contribution is 0.0859. The number of amides is 1. The van der Waals surface area contributed by atoms with Gasteiger partial charge in [0.2, 0.25) is 5.76 Å². The number of ether oxygens (including phenoxy) is 1. The van der Waals surface area contributed by atoms with E-state index in [9.17, 15) is 4.79 Å². The molecular formula is C12H19N3O3. The normalized spacial score (nSPS) is 23.2. The van der Waals surface area contributed by atoms with Crippen molar-refractivity contribution in [2.45, 2.75) is 25.3 Å². The Hall–Kier alpha value is -1.40. The highest BCUT2D eigenvalue weighted by Gasteiger charge is 2.34. The van der Waals surface area contributed by atoms with E-state index < -0.39 is 0 Å². The number of aryl methyl sites for hydroxylation is 1. The van der Waals surface area contributed by atoms with Gasteiger partial charge in [-0.1, -0.05) is 5.16 Å². The van der Waals surface area contributed by atoms with Crippen LogP contribution in [0.2, 0.25) is 0 Å². The molecule has 100 valence electrons. The van der Waals surface area contributed by atoms with Crippen molar-refractivity contribution < 1.29 is 14.1 Å². The molecule has 1 amide bonds. The average molecular weight is 253 g/mol. The molecule has 1 unspecified atom stereocenters. The lowest BCUT2D eigenvalue weighted by Crippen LogP contribution is -2.52. The molecule has 2 N–H and O–H groups in total. The minimum Gasteiger partial charge on any atom is -0.383 e. The van der Waals surface area contributed by atoms with Crippen LogP contribution in [0.25, 0.3) is 0 Å². The monoisotopic (exact) mass is 253 g/mol. The van der Waals surface area contributed by atoms with Crippen LogP contribution in [0.3, 0.4) is 0 Å². The summed E-state index contributed by atoms with van der Waals surface area (Å²) in [5.74, 6) is 0.0119. The van der Waals surface area contributed by atoms with Gasteiger partial charge >= 0.3 is 0 Å². The fourth-order valence-corrected chi connectivity index (χ4v) is 2.28. The number of carbonyl (C=O) groups excluding carboxylic acids is 1. The molecular weight excluding hydrogens is 234 g/mol. The largest absolute Gasteiger partial charge is 0.383 e. The minimum absolute atomic E-state index is 0.153. The Morgan fingerprint density at radius 3 is 3.11 bits per heavy atom. The van der Waals surface area contributed by atoms with Crippen LogP contribution in [0.15, 0.2) is 10.6 Å². The van der Waals surface area contributed by atoms with Crippen LogP contribution in [0.1, 0.15) is 29.1 Å². The predicted molar refractivity (Wildman–Crippen MR) is 65.4 cm³/mol. The second-order valence-electron chi connectivity index (χ2n) is 4.76. The Morgan fingerprint density at radius 1 is 1.72 bits per heavy atom. The summed E-state index contributed by atoms with van der Waals surface area (Å²) >= 11 is 0. The van der Waals surface area contributed by atoms with Crippen molar-refractivity contribution in [3.63, 3.8) is 0 Å². The Morgan fingerprint density at radius 2 is 2.56 bits per heavy atom. The molecule has 1 aliphatic rings. The Balaban J connectivity index is 1.91. The van der Waals surface area contributed by atoms with Crippen LogP contribution in [0.4, 0.5) is 0 Å². The van der Waals surface area contributed by atoms with E-state index in [1.807, 2.05) is 0 Å². The van der Waals surface area contributed by atoms with Gasteiger partial charge in [0.05, 0.1) is 17.8 Å². The van der Waals surface area contributed by atoms with Crippen molar-refractivity contribution >= 4 is 5.91 Å². The Labute approximate surface area is 106 Å². The molecule has 0 aliphatic carbocycles. The van der Waals surface area contributed by atoms with Crippen molar-refractivity contribution in [2.24, 2.45) is 0 Å². The number of hydrogen-bond donors (Lipinski definition) is 2. The number of nitrogens with zero attached hydrogens (tertiary/aromatic N) is 1. The van der Waals surface area contributed by atoms with E-state index in [0.717, 1.165) is 19.4 Å². The van der Waals surface area contributed by atoms with Gasteiger partial charge in [-0.2, -0.15) is 0 Å². The third-order valence-corrected chi connectivity index (χ3v) is 3.19. The van der Waals surface area contributed by atoms with Crippen LogP contribution in [-0.2, 0) is 4.74 Å². The second kappa shape index (κ2) is 5.49. The summed E-state index contributed by atoms with van der Waals surface area (Å²) < 4.78 is 10.1. The maximum Gasteiger partial charge on any atom is 0.289 e. The van der Waals surface area contributed by atoms with Crippen LogP contribution in [0.5, 0.6) is 0 Å². The summed E-state index contributed by atoms with van der Waals surface area (Å²) in [6.45, 7) is 3.86. The second-order valence-corrected chi connectivity index (χ2v) is 4.76. The van der Waals surface area contributed by atoms with Crippen LogP contribution in [0, 0.1) is 6.92 Å². The molecule has 2 rings (SSSR count). The van der Waals surface area contributed by atoms with Gasteiger partial charge in [0.15, 0.2) is 0 Å². The number of aromatic nitrogens is 1. The number of nitrogens with one attached hydrogen (secondary N) is 2. The standard InChI is InChI=1S/C12H19N3O3/c1-9-6-10(18-15-9)11(16)13-7-12(8-17-2)4-3-5-14-12/h6,14H,3-5,7-8H2,1-2H3,(H,13,16). The summed E-state index contributed by atoms with van der Waals surface area (Å²) in [6.07, 6.45) is 2.09. The zero-order chi connectivity index (χ0) is 13.0. The summed E-state index contributed by atoms with van der Waals surface area (Å²) in [7, 11) is 1.67. The average Bonchev–Trinajstić information content (AvgIpc) is 2.97. The highest BCUT2D eigenvalue weighted by atomic mass is 16.5. The van der Waals surface area contributed by atoms with E-state index >= 15 is 0 Å². The Bertz CT molecular complexity index is 410. The van der Waals surface area contributed by atoms with E-state index in [1.165, 1.54) is 0 Å². The molecule has 1 fully saturated rings. The Kier molecular flexibility index (Phi) is 3.98. The van der Waals surface area contributed by atoms with Gasteiger partial charge < -0.3 is 19.9 Å². The van der Waals surface area contributed by atoms with Crippen molar-refractivity contribution in [1.29, 1.82) is 0 Å². The molecule has 2 heterocycles. The summed E-state index contributed by atoms with van der Waals surface area (Å²) in [6, 6.07) is 1.63. The molecule has 1 aromatic heterocycles. The summed E-state index contributed by atoms with van der Waals surface area (Å²) in [4.78, 5) is 11.8. The van der Waals surface area contributed by atoms with Crippen molar-refractivity contribution in [3.05, 3.63) is 17.5 Å². The van der Waals surface area contributed by atoms with E-state index in [4.69, 9.17) is 9.26 Å². The first-order chi connectivity index (χ1) is 8.65. The van der Waals surface area contributed by atoms with Gasteiger partial charge in [0.25, 0.3) is 5.91 Å². The zero-order valence-electron chi connectivity index (χ0n) is 10.8. The first-order valence-corrected chi connectivity index (χ1v) is 6.11. The van der Waals surface area contributed by atoms with E-state index in [2.05, 4.69) is 15.8 Å². The smallest absolute Gasteiger partial charge is 0.289 e. The van der Waals surface area contributed by atoms with Crippen LogP contribution >= 0.6 is 0 Å². The molecule has 0 bridgehead atoms. The number of methoxy groups -OCH3 is 1. The quantitative estimate of drug-likeness (QED) is 0.798. The maximum atomic E-state index is 11.8. The van der Waals surface area contributed by atoms with Crippen LogP contribution in [-0.4, -0.2) is 43.4 Å².